The van der Waals surface area contributed by atoms with Crippen molar-refractivity contribution in [1.29, 1.82) is 0 Å². The van der Waals surface area contributed by atoms with Gasteiger partial charge in [-0.25, -0.2) is 0 Å². The molecule has 4 nitrogen and oxygen atoms in total. The van der Waals surface area contributed by atoms with E-state index in [1.54, 1.807) is 19.1 Å². The molecule has 4 heteroatoms. The van der Waals surface area contributed by atoms with Crippen LogP contribution < -0.4 is 14.4 Å². The summed E-state index contributed by atoms with van der Waals surface area (Å²) in [5.74, 6) is 1.53. The zero-order valence-corrected chi connectivity index (χ0v) is 11.4. The normalized spacial score (nSPS) is 13.7. The molecule has 0 atom stereocenters. The second-order valence-corrected chi connectivity index (χ2v) is 4.65. The maximum atomic E-state index is 11.6. The van der Waals surface area contributed by atoms with Crippen LogP contribution in [0.15, 0.2) is 42.5 Å². The van der Waals surface area contributed by atoms with Gasteiger partial charge in [-0.3, -0.25) is 4.79 Å². The summed E-state index contributed by atoms with van der Waals surface area (Å²) in [6, 6.07) is 13.7. The molecule has 0 radical (unpaired) electrons. The van der Waals surface area contributed by atoms with Gasteiger partial charge in [0, 0.05) is 7.05 Å². The molecule has 1 heterocycles. The van der Waals surface area contributed by atoms with Crippen LogP contribution in [0.2, 0.25) is 0 Å². The highest BCUT2D eigenvalue weighted by Crippen LogP contribution is 2.35. The number of hydrogen-bond donors (Lipinski definition) is 0. The Morgan fingerprint density at radius 2 is 1.80 bits per heavy atom. The number of anilines is 1. The smallest absolute Gasteiger partial charge is 0.264 e. The zero-order chi connectivity index (χ0) is 14.1. The van der Waals surface area contributed by atoms with E-state index in [1.165, 1.54) is 0 Å². The van der Waals surface area contributed by atoms with Gasteiger partial charge in [-0.15, -0.1) is 0 Å². The summed E-state index contributed by atoms with van der Waals surface area (Å²) in [6.07, 6.45) is 0. The fourth-order valence-electron chi connectivity index (χ4n) is 2.24. The Balaban J connectivity index is 1.97. The molecule has 2 aromatic rings. The predicted octanol–water partition coefficient (Wildman–Crippen LogP) is 2.72. The largest absolute Gasteiger partial charge is 0.497 e. The molecule has 1 aliphatic heterocycles. The summed E-state index contributed by atoms with van der Waals surface area (Å²) in [7, 11) is 3.41. The highest BCUT2D eigenvalue weighted by Gasteiger charge is 2.22. The Labute approximate surface area is 117 Å². The molecule has 0 spiro atoms. The summed E-state index contributed by atoms with van der Waals surface area (Å²) in [5.41, 5.74) is 2.93. The van der Waals surface area contributed by atoms with Crippen LogP contribution in [-0.2, 0) is 4.79 Å². The molecule has 2 aromatic carbocycles. The first-order chi connectivity index (χ1) is 9.69. The van der Waals surface area contributed by atoms with Crippen LogP contribution in [0.3, 0.4) is 0 Å². The Kier molecular flexibility index (Phi) is 3.06. The summed E-state index contributed by atoms with van der Waals surface area (Å²) in [4.78, 5) is 13.2. The van der Waals surface area contributed by atoms with Crippen molar-refractivity contribution in [3.05, 3.63) is 42.5 Å². The van der Waals surface area contributed by atoms with Crippen LogP contribution in [0.1, 0.15) is 0 Å². The number of nitrogens with zero attached hydrogens (tertiary/aromatic N) is 1. The number of carbonyl (C=O) groups is 1. The number of fused-ring (bicyclic) bond motifs is 1. The minimum Gasteiger partial charge on any atom is -0.497 e. The first-order valence-electron chi connectivity index (χ1n) is 6.37. The minimum absolute atomic E-state index is 0.0327. The second kappa shape index (κ2) is 4.89. The highest BCUT2D eigenvalue weighted by atomic mass is 16.5. The van der Waals surface area contributed by atoms with Gasteiger partial charge < -0.3 is 14.4 Å². The molecule has 0 aliphatic carbocycles. The lowest BCUT2D eigenvalue weighted by molar-refractivity contribution is -0.120. The van der Waals surface area contributed by atoms with Gasteiger partial charge in [-0.2, -0.15) is 0 Å². The van der Waals surface area contributed by atoms with Gasteiger partial charge in [0.15, 0.2) is 6.61 Å². The predicted molar refractivity (Wildman–Crippen MR) is 77.3 cm³/mol. The number of carbonyl (C=O) groups excluding carboxylic acids is 1. The molecular weight excluding hydrogens is 254 g/mol. The molecule has 0 saturated heterocycles. The van der Waals surface area contributed by atoms with Gasteiger partial charge in [0.1, 0.15) is 11.5 Å². The van der Waals surface area contributed by atoms with Crippen LogP contribution in [0, 0.1) is 0 Å². The Morgan fingerprint density at radius 1 is 1.10 bits per heavy atom. The van der Waals surface area contributed by atoms with E-state index in [0.29, 0.717) is 0 Å². The summed E-state index contributed by atoms with van der Waals surface area (Å²) < 4.78 is 10.6. The lowest BCUT2D eigenvalue weighted by Crippen LogP contribution is -2.35. The van der Waals surface area contributed by atoms with Crippen molar-refractivity contribution in [1.82, 2.24) is 0 Å². The molecule has 0 fully saturated rings. The number of ether oxygens (including phenoxy) is 2. The van der Waals surface area contributed by atoms with Crippen LogP contribution in [0.4, 0.5) is 5.69 Å². The molecule has 0 saturated carbocycles. The maximum Gasteiger partial charge on any atom is 0.264 e. The monoisotopic (exact) mass is 269 g/mol. The van der Waals surface area contributed by atoms with E-state index in [1.807, 2.05) is 42.5 Å². The number of hydrogen-bond acceptors (Lipinski definition) is 3. The number of benzene rings is 2. The first-order valence-corrected chi connectivity index (χ1v) is 6.37. The van der Waals surface area contributed by atoms with E-state index in [2.05, 4.69) is 0 Å². The lowest BCUT2D eigenvalue weighted by Gasteiger charge is -2.26. The SMILES string of the molecule is COc1ccc(-c2ccc3c(c2)OCC(=O)N3C)cc1. The Hall–Kier alpha value is -2.49. The molecule has 1 amide bonds. The fraction of sp³-hybridized carbons (Fsp3) is 0.188. The molecule has 102 valence electrons. The molecule has 1 aliphatic rings. The summed E-state index contributed by atoms with van der Waals surface area (Å²) in [5, 5.41) is 0. The topological polar surface area (TPSA) is 38.8 Å². The van der Waals surface area contributed by atoms with E-state index in [0.717, 1.165) is 28.3 Å². The standard InChI is InChI=1S/C16H15NO3/c1-17-14-8-5-12(9-15(14)20-10-16(17)18)11-3-6-13(19-2)7-4-11/h3-9H,10H2,1-2H3. The average Bonchev–Trinajstić information content (AvgIpc) is 2.51. The van der Waals surface area contributed by atoms with Crippen molar-refractivity contribution in [2.45, 2.75) is 0 Å². The van der Waals surface area contributed by atoms with Crippen molar-refractivity contribution in [3.8, 4) is 22.6 Å². The lowest BCUT2D eigenvalue weighted by atomic mass is 10.0. The third-order valence-electron chi connectivity index (χ3n) is 3.47. The zero-order valence-electron chi connectivity index (χ0n) is 11.4. The molecule has 0 aromatic heterocycles. The van der Waals surface area contributed by atoms with E-state index in [4.69, 9.17) is 9.47 Å². The van der Waals surface area contributed by atoms with Crippen LogP contribution in [0.5, 0.6) is 11.5 Å². The van der Waals surface area contributed by atoms with Gasteiger partial charge in [0.2, 0.25) is 0 Å². The van der Waals surface area contributed by atoms with E-state index < -0.39 is 0 Å². The molecule has 0 unspecified atom stereocenters. The van der Waals surface area contributed by atoms with Crippen LogP contribution in [-0.4, -0.2) is 26.7 Å². The maximum absolute atomic E-state index is 11.6. The van der Waals surface area contributed by atoms with Gasteiger partial charge in [0.05, 0.1) is 12.8 Å². The number of likely N-dealkylation sites (N-methyl/N-ethyl adjacent to an activating group) is 1. The Bertz CT molecular complexity index is 649. The van der Waals surface area contributed by atoms with E-state index in [-0.39, 0.29) is 12.5 Å². The summed E-state index contributed by atoms with van der Waals surface area (Å²) in [6.45, 7) is 0.0928. The average molecular weight is 269 g/mol. The van der Waals surface area contributed by atoms with Crippen molar-refractivity contribution in [2.75, 3.05) is 25.7 Å². The molecule has 0 N–H and O–H groups in total. The number of amides is 1. The quantitative estimate of drug-likeness (QED) is 0.841. The molecule has 0 bridgehead atoms. The van der Waals surface area contributed by atoms with Crippen molar-refractivity contribution in [2.24, 2.45) is 0 Å². The van der Waals surface area contributed by atoms with E-state index >= 15 is 0 Å². The fourth-order valence-corrected chi connectivity index (χ4v) is 2.24. The van der Waals surface area contributed by atoms with Gasteiger partial charge >= 0.3 is 0 Å². The first kappa shape index (κ1) is 12.5. The number of methoxy groups -OCH3 is 1. The minimum atomic E-state index is -0.0327. The third-order valence-corrected chi connectivity index (χ3v) is 3.47. The van der Waals surface area contributed by atoms with Gasteiger partial charge in [-0.05, 0) is 35.4 Å². The van der Waals surface area contributed by atoms with Crippen molar-refractivity contribution in [3.63, 3.8) is 0 Å². The van der Waals surface area contributed by atoms with Crippen molar-refractivity contribution < 1.29 is 14.3 Å². The van der Waals surface area contributed by atoms with Crippen molar-refractivity contribution >= 4 is 11.6 Å². The second-order valence-electron chi connectivity index (χ2n) is 4.65. The van der Waals surface area contributed by atoms with Crippen LogP contribution in [0.25, 0.3) is 11.1 Å². The molecule has 3 rings (SSSR count). The third kappa shape index (κ3) is 2.09. The highest BCUT2D eigenvalue weighted by molar-refractivity contribution is 5.97. The van der Waals surface area contributed by atoms with E-state index in [9.17, 15) is 4.79 Å². The molecular formula is C16H15NO3. The molecule has 20 heavy (non-hydrogen) atoms. The Morgan fingerprint density at radius 3 is 2.50 bits per heavy atom. The van der Waals surface area contributed by atoms with Crippen LogP contribution >= 0.6 is 0 Å². The number of rotatable bonds is 2. The van der Waals surface area contributed by atoms with Gasteiger partial charge in [-0.1, -0.05) is 18.2 Å². The summed E-state index contributed by atoms with van der Waals surface area (Å²) >= 11 is 0. The van der Waals surface area contributed by atoms with Gasteiger partial charge in [0.25, 0.3) is 5.91 Å².